The predicted octanol–water partition coefficient (Wildman–Crippen LogP) is 1.59. The van der Waals surface area contributed by atoms with E-state index in [0.717, 1.165) is 32.7 Å². The molecule has 0 aromatic heterocycles. The van der Waals surface area contributed by atoms with Crippen LogP contribution in [0.15, 0.2) is 0 Å². The monoisotopic (exact) mass is 144 g/mol. The van der Waals surface area contributed by atoms with Crippen LogP contribution in [0.3, 0.4) is 0 Å². The third kappa shape index (κ3) is 1.96. The maximum Gasteiger partial charge on any atom is 0.0908 e. The summed E-state index contributed by atoms with van der Waals surface area (Å²) >= 11 is 0. The van der Waals surface area contributed by atoms with E-state index in [2.05, 4.69) is 13.8 Å². The van der Waals surface area contributed by atoms with Gasteiger partial charge >= 0.3 is 0 Å². The molecule has 0 spiro atoms. The van der Waals surface area contributed by atoms with E-state index in [9.17, 15) is 0 Å². The van der Waals surface area contributed by atoms with Crippen LogP contribution >= 0.6 is 0 Å². The van der Waals surface area contributed by atoms with Crippen LogP contribution in [0.1, 0.15) is 26.7 Å². The van der Waals surface area contributed by atoms with Gasteiger partial charge in [-0.25, -0.2) is 0 Å². The molecule has 0 aromatic rings. The molecule has 60 valence electrons. The van der Waals surface area contributed by atoms with E-state index in [1.807, 2.05) is 0 Å². The van der Waals surface area contributed by atoms with Crippen molar-refractivity contribution in [3.05, 3.63) is 0 Å². The van der Waals surface area contributed by atoms with Gasteiger partial charge in [-0.05, 0) is 13.3 Å². The molecule has 2 heteroatoms. The Hall–Kier alpha value is -0.0800. The van der Waals surface area contributed by atoms with Crippen LogP contribution in [0.2, 0.25) is 0 Å². The van der Waals surface area contributed by atoms with E-state index in [4.69, 9.17) is 9.47 Å². The van der Waals surface area contributed by atoms with Crippen LogP contribution in [0, 0.1) is 0 Å². The number of rotatable bonds is 4. The number of hydrogen-bond acceptors (Lipinski definition) is 2. The molecule has 1 aliphatic rings. The van der Waals surface area contributed by atoms with Gasteiger partial charge in [0, 0.05) is 13.0 Å². The Morgan fingerprint density at radius 2 is 2.30 bits per heavy atom. The summed E-state index contributed by atoms with van der Waals surface area (Å²) < 4.78 is 10.7. The van der Waals surface area contributed by atoms with Crippen molar-refractivity contribution < 1.29 is 9.47 Å². The molecule has 0 bridgehead atoms. The molecule has 0 aromatic carbocycles. The standard InChI is InChI=1S/C8H16O2/c1-3-5-9-7-8(2)4-6-10-8/h3-7H2,1-2H3. The third-order valence-electron chi connectivity index (χ3n) is 1.84. The zero-order chi connectivity index (χ0) is 7.45. The second kappa shape index (κ2) is 3.35. The number of hydrogen-bond donors (Lipinski definition) is 0. The van der Waals surface area contributed by atoms with Crippen molar-refractivity contribution in [2.75, 3.05) is 19.8 Å². The van der Waals surface area contributed by atoms with E-state index in [0.29, 0.717) is 0 Å². The lowest BCUT2D eigenvalue weighted by atomic mass is 9.99. The molecule has 0 amide bonds. The van der Waals surface area contributed by atoms with Gasteiger partial charge in [-0.15, -0.1) is 0 Å². The molecule has 0 aliphatic carbocycles. The molecule has 0 saturated carbocycles. The minimum Gasteiger partial charge on any atom is -0.378 e. The molecular formula is C8H16O2. The van der Waals surface area contributed by atoms with Crippen LogP contribution in [-0.2, 0) is 9.47 Å². The predicted molar refractivity (Wildman–Crippen MR) is 40.1 cm³/mol. The van der Waals surface area contributed by atoms with Gasteiger partial charge in [-0.1, -0.05) is 6.92 Å². The summed E-state index contributed by atoms with van der Waals surface area (Å²) in [7, 11) is 0. The van der Waals surface area contributed by atoms with Crippen molar-refractivity contribution in [2.24, 2.45) is 0 Å². The summed E-state index contributed by atoms with van der Waals surface area (Å²) in [6.07, 6.45) is 2.24. The fourth-order valence-electron chi connectivity index (χ4n) is 0.997. The quantitative estimate of drug-likeness (QED) is 0.558. The van der Waals surface area contributed by atoms with Gasteiger partial charge in [-0.2, -0.15) is 0 Å². The molecule has 10 heavy (non-hydrogen) atoms. The Balaban J connectivity index is 2.01. The molecule has 1 fully saturated rings. The summed E-state index contributed by atoms with van der Waals surface area (Å²) in [5, 5.41) is 0. The highest BCUT2D eigenvalue weighted by Gasteiger charge is 2.32. The van der Waals surface area contributed by atoms with Crippen LogP contribution < -0.4 is 0 Å². The first kappa shape index (κ1) is 8.02. The SMILES string of the molecule is CCCOCC1(C)CCO1. The Morgan fingerprint density at radius 1 is 1.60 bits per heavy atom. The molecule has 1 unspecified atom stereocenters. The van der Waals surface area contributed by atoms with Crippen LogP contribution in [-0.4, -0.2) is 25.4 Å². The van der Waals surface area contributed by atoms with Gasteiger partial charge < -0.3 is 9.47 Å². The molecule has 1 aliphatic heterocycles. The van der Waals surface area contributed by atoms with Crippen molar-refractivity contribution in [1.82, 2.24) is 0 Å². The van der Waals surface area contributed by atoms with Crippen LogP contribution in [0.4, 0.5) is 0 Å². The summed E-state index contributed by atoms with van der Waals surface area (Å²) in [5.74, 6) is 0. The fraction of sp³-hybridized carbons (Fsp3) is 1.00. The lowest BCUT2D eigenvalue weighted by Crippen LogP contribution is -2.44. The first-order valence-electron chi connectivity index (χ1n) is 3.98. The van der Waals surface area contributed by atoms with E-state index in [1.54, 1.807) is 0 Å². The van der Waals surface area contributed by atoms with Crippen LogP contribution in [0.25, 0.3) is 0 Å². The topological polar surface area (TPSA) is 18.5 Å². The first-order chi connectivity index (χ1) is 4.77. The third-order valence-corrected chi connectivity index (χ3v) is 1.84. The average Bonchev–Trinajstić information content (AvgIpc) is 1.85. The number of ether oxygens (including phenoxy) is 2. The second-order valence-electron chi connectivity index (χ2n) is 3.10. The molecule has 0 radical (unpaired) electrons. The Labute approximate surface area is 62.5 Å². The molecule has 1 heterocycles. The van der Waals surface area contributed by atoms with Gasteiger partial charge in [0.05, 0.1) is 18.8 Å². The van der Waals surface area contributed by atoms with Gasteiger partial charge in [0.2, 0.25) is 0 Å². The molecule has 1 saturated heterocycles. The molecule has 1 rings (SSSR count). The van der Waals surface area contributed by atoms with E-state index >= 15 is 0 Å². The van der Waals surface area contributed by atoms with Crippen molar-refractivity contribution >= 4 is 0 Å². The maximum absolute atomic E-state index is 5.36. The summed E-state index contributed by atoms with van der Waals surface area (Å²) in [5.41, 5.74) is 0.0508. The molecule has 0 N–H and O–H groups in total. The average molecular weight is 144 g/mol. The zero-order valence-corrected chi connectivity index (χ0v) is 6.85. The van der Waals surface area contributed by atoms with E-state index in [-0.39, 0.29) is 5.60 Å². The lowest BCUT2D eigenvalue weighted by Gasteiger charge is -2.38. The summed E-state index contributed by atoms with van der Waals surface area (Å²) in [6.45, 7) is 6.75. The van der Waals surface area contributed by atoms with E-state index in [1.165, 1.54) is 0 Å². The highest BCUT2D eigenvalue weighted by molar-refractivity contribution is 4.81. The van der Waals surface area contributed by atoms with Crippen molar-refractivity contribution in [3.8, 4) is 0 Å². The lowest BCUT2D eigenvalue weighted by molar-refractivity contribution is -0.168. The Morgan fingerprint density at radius 3 is 2.70 bits per heavy atom. The highest BCUT2D eigenvalue weighted by Crippen LogP contribution is 2.25. The molecule has 1 atom stereocenters. The van der Waals surface area contributed by atoms with Crippen LogP contribution in [0.5, 0.6) is 0 Å². The smallest absolute Gasteiger partial charge is 0.0908 e. The van der Waals surface area contributed by atoms with Crippen molar-refractivity contribution in [1.29, 1.82) is 0 Å². The fourth-order valence-corrected chi connectivity index (χ4v) is 0.997. The van der Waals surface area contributed by atoms with Gasteiger partial charge in [-0.3, -0.25) is 0 Å². The second-order valence-corrected chi connectivity index (χ2v) is 3.10. The Bertz CT molecular complexity index is 97.4. The van der Waals surface area contributed by atoms with Crippen molar-refractivity contribution in [3.63, 3.8) is 0 Å². The van der Waals surface area contributed by atoms with Crippen molar-refractivity contribution in [2.45, 2.75) is 32.3 Å². The minimum atomic E-state index is 0.0508. The Kier molecular flexibility index (Phi) is 2.69. The normalized spacial score (nSPS) is 31.8. The largest absolute Gasteiger partial charge is 0.378 e. The highest BCUT2D eigenvalue weighted by atomic mass is 16.6. The van der Waals surface area contributed by atoms with Gasteiger partial charge in [0.15, 0.2) is 0 Å². The minimum absolute atomic E-state index is 0.0508. The molecule has 2 nitrogen and oxygen atoms in total. The maximum atomic E-state index is 5.36. The van der Waals surface area contributed by atoms with Gasteiger partial charge in [0.25, 0.3) is 0 Å². The summed E-state index contributed by atoms with van der Waals surface area (Å²) in [4.78, 5) is 0. The van der Waals surface area contributed by atoms with Gasteiger partial charge in [0.1, 0.15) is 0 Å². The summed E-state index contributed by atoms with van der Waals surface area (Å²) in [6, 6.07) is 0. The first-order valence-corrected chi connectivity index (χ1v) is 3.98. The zero-order valence-electron chi connectivity index (χ0n) is 6.85. The van der Waals surface area contributed by atoms with E-state index < -0.39 is 0 Å². The molecular weight excluding hydrogens is 128 g/mol.